The van der Waals surface area contributed by atoms with Gasteiger partial charge in [0.2, 0.25) is 11.8 Å². The van der Waals surface area contributed by atoms with Gasteiger partial charge in [-0.1, -0.05) is 20.8 Å². The van der Waals surface area contributed by atoms with Crippen LogP contribution in [0.5, 0.6) is 0 Å². The van der Waals surface area contributed by atoms with Crippen molar-refractivity contribution in [2.24, 2.45) is 5.41 Å². The molecule has 0 bridgehead atoms. The van der Waals surface area contributed by atoms with Gasteiger partial charge in [-0.05, 0) is 6.42 Å². The fourth-order valence-corrected chi connectivity index (χ4v) is 1.34. The molecule has 1 aromatic heterocycles. The van der Waals surface area contributed by atoms with Crippen LogP contribution in [0.15, 0.2) is 6.20 Å². The molecule has 0 unspecified atom stereocenters. The molecule has 0 atom stereocenters. The number of aromatic nitrogens is 2. The molecule has 1 heterocycles. The molecule has 0 fully saturated rings. The van der Waals surface area contributed by atoms with E-state index in [0.717, 1.165) is 6.42 Å². The molecule has 1 aromatic rings. The zero-order valence-electron chi connectivity index (χ0n) is 12.0. The second kappa shape index (κ2) is 6.99. The molecule has 8 heteroatoms. The number of anilines is 2. The predicted molar refractivity (Wildman–Crippen MR) is 76.8 cm³/mol. The van der Waals surface area contributed by atoms with Crippen molar-refractivity contribution in [2.45, 2.75) is 27.2 Å². The minimum Gasteiger partial charge on any atom is -0.396 e. The molecule has 0 spiro atoms. The summed E-state index contributed by atoms with van der Waals surface area (Å²) in [5, 5.41) is 26.0. The first-order valence-electron chi connectivity index (χ1n) is 6.49. The third kappa shape index (κ3) is 4.61. The highest BCUT2D eigenvalue weighted by atomic mass is 16.6. The second-order valence-corrected chi connectivity index (χ2v) is 5.29. The molecule has 3 N–H and O–H groups in total. The predicted octanol–water partition coefficient (Wildman–Crippen LogP) is 1.64. The van der Waals surface area contributed by atoms with Gasteiger partial charge in [0.25, 0.3) is 0 Å². The third-order valence-electron chi connectivity index (χ3n) is 2.66. The van der Waals surface area contributed by atoms with Crippen molar-refractivity contribution in [2.75, 3.05) is 30.3 Å². The van der Waals surface area contributed by atoms with E-state index in [0.29, 0.717) is 19.0 Å². The molecule has 0 aromatic carbocycles. The fourth-order valence-electron chi connectivity index (χ4n) is 1.34. The number of hydrogen-bond acceptors (Lipinski definition) is 7. The molecule has 1 rings (SSSR count). The van der Waals surface area contributed by atoms with Crippen molar-refractivity contribution in [3.8, 4) is 0 Å². The van der Waals surface area contributed by atoms with Crippen molar-refractivity contribution in [1.29, 1.82) is 0 Å². The Balaban J connectivity index is 2.91. The minimum absolute atomic E-state index is 0.0280. The van der Waals surface area contributed by atoms with E-state index in [1.807, 2.05) is 20.8 Å². The van der Waals surface area contributed by atoms with Gasteiger partial charge in [-0.3, -0.25) is 10.1 Å². The summed E-state index contributed by atoms with van der Waals surface area (Å²) in [4.78, 5) is 18.4. The molecule has 0 aliphatic heterocycles. The topological polar surface area (TPSA) is 113 Å². The number of rotatable bonds is 8. The summed E-state index contributed by atoms with van der Waals surface area (Å²) in [6.07, 6.45) is 2.08. The lowest BCUT2D eigenvalue weighted by Gasteiger charge is -2.22. The molecule has 8 nitrogen and oxygen atoms in total. The summed E-state index contributed by atoms with van der Waals surface area (Å²) in [5.74, 6) is 0.506. The lowest BCUT2D eigenvalue weighted by atomic mass is 9.95. The SMILES string of the molecule is CCCNc1ncc([N+](=O)[O-])c(NCC(C)(C)CO)n1. The van der Waals surface area contributed by atoms with E-state index in [1.54, 1.807) is 0 Å². The van der Waals surface area contributed by atoms with Crippen LogP contribution < -0.4 is 10.6 Å². The maximum Gasteiger partial charge on any atom is 0.329 e. The Kier molecular flexibility index (Phi) is 5.63. The number of hydrogen-bond donors (Lipinski definition) is 3. The van der Waals surface area contributed by atoms with Gasteiger partial charge in [0.1, 0.15) is 6.20 Å². The highest BCUT2D eigenvalue weighted by Crippen LogP contribution is 2.24. The van der Waals surface area contributed by atoms with Gasteiger partial charge >= 0.3 is 5.69 Å². The Bertz CT molecular complexity index is 464. The summed E-state index contributed by atoms with van der Waals surface area (Å²) in [6.45, 7) is 6.74. The standard InChI is InChI=1S/C12H21N5O3/c1-4-5-13-11-14-6-9(17(19)20)10(16-11)15-7-12(2,3)8-18/h6,18H,4-5,7-8H2,1-3H3,(H2,13,14,15,16). The van der Waals surface area contributed by atoms with Crippen molar-refractivity contribution < 1.29 is 10.0 Å². The third-order valence-corrected chi connectivity index (χ3v) is 2.66. The van der Waals surface area contributed by atoms with Crippen LogP contribution in [-0.4, -0.2) is 39.7 Å². The summed E-state index contributed by atoms with van der Waals surface area (Å²) >= 11 is 0. The highest BCUT2D eigenvalue weighted by Gasteiger charge is 2.21. The molecule has 0 aliphatic rings. The Morgan fingerprint density at radius 1 is 1.45 bits per heavy atom. The molecular formula is C12H21N5O3. The largest absolute Gasteiger partial charge is 0.396 e. The van der Waals surface area contributed by atoms with Crippen LogP contribution >= 0.6 is 0 Å². The number of nitrogens with one attached hydrogen (secondary N) is 2. The second-order valence-electron chi connectivity index (χ2n) is 5.29. The van der Waals surface area contributed by atoms with Crippen LogP contribution in [0.3, 0.4) is 0 Å². The van der Waals surface area contributed by atoms with E-state index in [2.05, 4.69) is 20.6 Å². The Morgan fingerprint density at radius 3 is 2.70 bits per heavy atom. The van der Waals surface area contributed by atoms with Crippen LogP contribution in [0.1, 0.15) is 27.2 Å². The first kappa shape index (κ1) is 16.1. The zero-order chi connectivity index (χ0) is 15.2. The van der Waals surface area contributed by atoms with E-state index in [9.17, 15) is 15.2 Å². The first-order valence-corrected chi connectivity index (χ1v) is 6.49. The number of nitrogens with zero attached hydrogens (tertiary/aromatic N) is 3. The normalized spacial score (nSPS) is 11.2. The van der Waals surface area contributed by atoms with Gasteiger partial charge in [-0.15, -0.1) is 0 Å². The van der Waals surface area contributed by atoms with Gasteiger partial charge in [-0.25, -0.2) is 4.98 Å². The molecule has 112 valence electrons. The summed E-state index contributed by atoms with van der Waals surface area (Å²) in [6, 6.07) is 0. The molecule has 0 amide bonds. The van der Waals surface area contributed by atoms with Gasteiger partial charge in [0.15, 0.2) is 0 Å². The van der Waals surface area contributed by atoms with E-state index in [4.69, 9.17) is 0 Å². The van der Waals surface area contributed by atoms with E-state index >= 15 is 0 Å². The molecule has 20 heavy (non-hydrogen) atoms. The lowest BCUT2D eigenvalue weighted by Crippen LogP contribution is -2.27. The van der Waals surface area contributed by atoms with Gasteiger partial charge < -0.3 is 15.7 Å². The molecule has 0 radical (unpaired) electrons. The summed E-state index contributed by atoms with van der Waals surface area (Å²) < 4.78 is 0. The molecule has 0 aliphatic carbocycles. The van der Waals surface area contributed by atoms with Crippen molar-refractivity contribution >= 4 is 17.5 Å². The van der Waals surface area contributed by atoms with Crippen LogP contribution in [-0.2, 0) is 0 Å². The Morgan fingerprint density at radius 2 is 2.15 bits per heavy atom. The van der Waals surface area contributed by atoms with Gasteiger partial charge in [-0.2, -0.15) is 4.98 Å². The first-order chi connectivity index (χ1) is 9.39. The number of aliphatic hydroxyl groups excluding tert-OH is 1. The quantitative estimate of drug-likeness (QED) is 0.491. The van der Waals surface area contributed by atoms with Crippen LogP contribution in [0.4, 0.5) is 17.5 Å². The lowest BCUT2D eigenvalue weighted by molar-refractivity contribution is -0.384. The zero-order valence-corrected chi connectivity index (χ0v) is 12.0. The smallest absolute Gasteiger partial charge is 0.329 e. The van der Waals surface area contributed by atoms with E-state index < -0.39 is 10.3 Å². The van der Waals surface area contributed by atoms with Crippen LogP contribution in [0.25, 0.3) is 0 Å². The van der Waals surface area contributed by atoms with E-state index in [1.165, 1.54) is 6.20 Å². The van der Waals surface area contributed by atoms with Crippen LogP contribution in [0.2, 0.25) is 0 Å². The summed E-state index contributed by atoms with van der Waals surface area (Å²) in [5.41, 5.74) is -0.573. The van der Waals surface area contributed by atoms with Gasteiger partial charge in [0, 0.05) is 25.1 Å². The molecule has 0 saturated carbocycles. The van der Waals surface area contributed by atoms with Crippen molar-refractivity contribution in [3.05, 3.63) is 16.3 Å². The fraction of sp³-hybridized carbons (Fsp3) is 0.667. The summed E-state index contributed by atoms with van der Waals surface area (Å²) in [7, 11) is 0. The number of nitro groups is 1. The van der Waals surface area contributed by atoms with Crippen LogP contribution in [0, 0.1) is 15.5 Å². The maximum absolute atomic E-state index is 11.0. The average Bonchev–Trinajstić information content (AvgIpc) is 2.42. The average molecular weight is 283 g/mol. The highest BCUT2D eigenvalue weighted by molar-refractivity contribution is 5.57. The van der Waals surface area contributed by atoms with Gasteiger partial charge in [0.05, 0.1) is 4.92 Å². The Labute approximate surface area is 117 Å². The van der Waals surface area contributed by atoms with Crippen molar-refractivity contribution in [3.63, 3.8) is 0 Å². The molecular weight excluding hydrogens is 262 g/mol. The van der Waals surface area contributed by atoms with E-state index in [-0.39, 0.29) is 18.1 Å². The Hall–Kier alpha value is -1.96. The molecule has 0 saturated heterocycles. The monoisotopic (exact) mass is 283 g/mol. The maximum atomic E-state index is 11.0. The minimum atomic E-state index is -0.530. The van der Waals surface area contributed by atoms with Crippen molar-refractivity contribution in [1.82, 2.24) is 9.97 Å². The number of aliphatic hydroxyl groups is 1.